The first-order valence-corrected chi connectivity index (χ1v) is 5.28. The monoisotopic (exact) mass is 250 g/mol. The second kappa shape index (κ2) is 4.66. The Morgan fingerprint density at radius 3 is 2.88 bits per heavy atom. The molecule has 2 aromatic heterocycles. The second-order valence-electron chi connectivity index (χ2n) is 2.97. The molecule has 2 rings (SSSR count). The van der Waals surface area contributed by atoms with Gasteiger partial charge in [-0.3, -0.25) is 9.78 Å². The zero-order valence-corrected chi connectivity index (χ0v) is 9.14. The van der Waals surface area contributed by atoms with Crippen molar-refractivity contribution in [3.63, 3.8) is 0 Å². The summed E-state index contributed by atoms with van der Waals surface area (Å²) >= 11 is 1.04. The van der Waals surface area contributed by atoms with E-state index in [1.165, 1.54) is 23.8 Å². The van der Waals surface area contributed by atoms with E-state index in [9.17, 15) is 9.59 Å². The number of nitrogens with one attached hydrogen (secondary N) is 1. The number of hydrogen-bond donors (Lipinski definition) is 2. The lowest BCUT2D eigenvalue weighted by Crippen LogP contribution is -2.15. The Labute approximate surface area is 99.3 Å². The van der Waals surface area contributed by atoms with Crippen LogP contribution in [0.2, 0.25) is 0 Å². The van der Waals surface area contributed by atoms with Crippen molar-refractivity contribution in [1.29, 1.82) is 0 Å². The summed E-state index contributed by atoms with van der Waals surface area (Å²) < 4.78 is 3.54. The highest BCUT2D eigenvalue weighted by atomic mass is 32.1. The highest BCUT2D eigenvalue weighted by molar-refractivity contribution is 7.03. The Morgan fingerprint density at radius 2 is 2.24 bits per heavy atom. The Balaban J connectivity index is 2.25. The topological polar surface area (TPSA) is 105 Å². The number of pyridine rings is 1. The first-order valence-electron chi connectivity index (χ1n) is 4.44. The van der Waals surface area contributed by atoms with Gasteiger partial charge in [0, 0.05) is 11.6 Å². The van der Waals surface area contributed by atoms with Gasteiger partial charge in [-0.15, -0.1) is 5.10 Å². The minimum absolute atomic E-state index is 0.0310. The summed E-state index contributed by atoms with van der Waals surface area (Å²) in [7, 11) is 0. The Morgan fingerprint density at radius 1 is 1.41 bits per heavy atom. The zero-order chi connectivity index (χ0) is 12.3. The maximum absolute atomic E-state index is 11.6. The fraction of sp³-hybridized carbons (Fsp3) is 0. The van der Waals surface area contributed by atoms with Crippen LogP contribution >= 0.6 is 11.5 Å². The van der Waals surface area contributed by atoms with E-state index in [-0.39, 0.29) is 16.9 Å². The highest BCUT2D eigenvalue weighted by Gasteiger charge is 2.14. The number of amides is 1. The molecule has 0 spiro atoms. The van der Waals surface area contributed by atoms with Gasteiger partial charge in [-0.1, -0.05) is 4.49 Å². The van der Waals surface area contributed by atoms with Crippen molar-refractivity contribution in [1.82, 2.24) is 14.6 Å². The lowest BCUT2D eigenvalue weighted by Gasteiger charge is -2.05. The molecule has 8 heteroatoms. The van der Waals surface area contributed by atoms with Crippen LogP contribution in [0.15, 0.2) is 23.8 Å². The number of carbonyl (C=O) groups is 2. The maximum Gasteiger partial charge on any atom is 0.337 e. The Bertz CT molecular complexity index is 555. The molecule has 2 N–H and O–H groups in total. The van der Waals surface area contributed by atoms with Crippen LogP contribution in [0.4, 0.5) is 5.69 Å². The van der Waals surface area contributed by atoms with Gasteiger partial charge in [0.05, 0.1) is 17.4 Å². The standard InChI is InChI=1S/C9H6N4O3S/c14-8(7-4-17-13-12-7)11-6-3-10-2-1-5(6)9(15)16/h1-4H,(H,11,14)(H,15,16). The molecule has 7 nitrogen and oxygen atoms in total. The van der Waals surface area contributed by atoms with Crippen LogP contribution in [0.3, 0.4) is 0 Å². The third-order valence-electron chi connectivity index (χ3n) is 1.89. The third kappa shape index (κ3) is 2.42. The van der Waals surface area contributed by atoms with Crippen LogP contribution in [0, 0.1) is 0 Å². The summed E-state index contributed by atoms with van der Waals surface area (Å²) in [6.45, 7) is 0. The molecule has 0 aliphatic carbocycles. The average molecular weight is 250 g/mol. The first-order chi connectivity index (χ1) is 8.18. The van der Waals surface area contributed by atoms with Gasteiger partial charge >= 0.3 is 5.97 Å². The summed E-state index contributed by atoms with van der Waals surface area (Å²) in [5.74, 6) is -1.66. The largest absolute Gasteiger partial charge is 0.478 e. The minimum atomic E-state index is -1.14. The van der Waals surface area contributed by atoms with Crippen LogP contribution in [0.25, 0.3) is 0 Å². The molecule has 0 aromatic carbocycles. The number of aromatic nitrogens is 3. The summed E-state index contributed by atoms with van der Waals surface area (Å²) in [5, 5.41) is 16.4. The molecular weight excluding hydrogens is 244 g/mol. The Hall–Kier alpha value is -2.35. The van der Waals surface area contributed by atoms with E-state index in [2.05, 4.69) is 19.9 Å². The van der Waals surface area contributed by atoms with Crippen molar-refractivity contribution >= 4 is 29.1 Å². The molecule has 0 saturated heterocycles. The average Bonchev–Trinajstić information content (AvgIpc) is 2.83. The van der Waals surface area contributed by atoms with Gasteiger partial charge < -0.3 is 10.4 Å². The Kier molecular flexibility index (Phi) is 3.06. The number of aromatic carboxylic acids is 1. The number of rotatable bonds is 3. The maximum atomic E-state index is 11.6. The molecule has 2 heterocycles. The van der Waals surface area contributed by atoms with Crippen LogP contribution in [0.5, 0.6) is 0 Å². The highest BCUT2D eigenvalue weighted by Crippen LogP contribution is 2.14. The molecule has 0 radical (unpaired) electrons. The third-order valence-corrected chi connectivity index (χ3v) is 2.40. The van der Waals surface area contributed by atoms with E-state index in [0.29, 0.717) is 0 Å². The van der Waals surface area contributed by atoms with Gasteiger partial charge in [0.15, 0.2) is 5.69 Å². The molecule has 0 saturated carbocycles. The number of anilines is 1. The van der Waals surface area contributed by atoms with Gasteiger partial charge in [-0.2, -0.15) is 0 Å². The molecular formula is C9H6N4O3S. The summed E-state index contributed by atoms with van der Waals surface area (Å²) in [5.41, 5.74) is 0.227. The molecule has 0 fully saturated rings. The lowest BCUT2D eigenvalue weighted by atomic mass is 10.2. The van der Waals surface area contributed by atoms with Gasteiger partial charge in [0.2, 0.25) is 0 Å². The van der Waals surface area contributed by atoms with Crippen LogP contribution in [-0.4, -0.2) is 31.6 Å². The van der Waals surface area contributed by atoms with E-state index in [1.807, 2.05) is 0 Å². The summed E-state index contributed by atoms with van der Waals surface area (Å²) in [4.78, 5) is 26.3. The van der Waals surface area contributed by atoms with Crippen molar-refractivity contribution in [2.24, 2.45) is 0 Å². The van der Waals surface area contributed by atoms with Crippen molar-refractivity contribution < 1.29 is 14.7 Å². The second-order valence-corrected chi connectivity index (χ2v) is 3.58. The number of carboxylic acids is 1. The predicted molar refractivity (Wildman–Crippen MR) is 59.1 cm³/mol. The summed E-state index contributed by atoms with van der Waals surface area (Å²) in [6, 6.07) is 1.30. The van der Waals surface area contributed by atoms with E-state index in [4.69, 9.17) is 5.11 Å². The lowest BCUT2D eigenvalue weighted by molar-refractivity contribution is 0.0698. The summed E-state index contributed by atoms with van der Waals surface area (Å²) in [6.07, 6.45) is 2.60. The molecule has 86 valence electrons. The smallest absolute Gasteiger partial charge is 0.337 e. The number of hydrogen-bond acceptors (Lipinski definition) is 6. The van der Waals surface area contributed by atoms with Gasteiger partial charge in [-0.05, 0) is 17.6 Å². The molecule has 0 unspecified atom stereocenters. The van der Waals surface area contributed by atoms with Gasteiger partial charge in [0.25, 0.3) is 5.91 Å². The van der Waals surface area contributed by atoms with Crippen LogP contribution in [0.1, 0.15) is 20.8 Å². The molecule has 2 aromatic rings. The van der Waals surface area contributed by atoms with Crippen molar-refractivity contribution in [3.05, 3.63) is 35.1 Å². The molecule has 17 heavy (non-hydrogen) atoms. The number of carbonyl (C=O) groups excluding carboxylic acids is 1. The van der Waals surface area contributed by atoms with Crippen LogP contribution in [-0.2, 0) is 0 Å². The molecule has 1 amide bonds. The van der Waals surface area contributed by atoms with E-state index in [1.54, 1.807) is 0 Å². The minimum Gasteiger partial charge on any atom is -0.478 e. The van der Waals surface area contributed by atoms with E-state index in [0.717, 1.165) is 11.5 Å². The van der Waals surface area contributed by atoms with Gasteiger partial charge in [-0.25, -0.2) is 4.79 Å². The van der Waals surface area contributed by atoms with Crippen molar-refractivity contribution in [3.8, 4) is 0 Å². The molecule has 0 bridgehead atoms. The molecule has 0 atom stereocenters. The van der Waals surface area contributed by atoms with Crippen molar-refractivity contribution in [2.45, 2.75) is 0 Å². The predicted octanol–water partition coefficient (Wildman–Crippen LogP) is 0.884. The zero-order valence-electron chi connectivity index (χ0n) is 8.32. The normalized spacial score (nSPS) is 9.88. The molecule has 0 aliphatic heterocycles. The quantitative estimate of drug-likeness (QED) is 0.837. The number of nitrogens with zero attached hydrogens (tertiary/aromatic N) is 3. The van der Waals surface area contributed by atoms with E-state index >= 15 is 0 Å². The van der Waals surface area contributed by atoms with Crippen molar-refractivity contribution in [2.75, 3.05) is 5.32 Å². The molecule has 0 aliphatic rings. The van der Waals surface area contributed by atoms with Crippen LogP contribution < -0.4 is 5.32 Å². The SMILES string of the molecule is O=C(Nc1cnccc1C(=O)O)c1csnn1. The first kappa shape index (κ1) is 11.1. The van der Waals surface area contributed by atoms with E-state index < -0.39 is 11.9 Å². The number of carboxylic acid groups (broad SMARTS) is 1. The fourth-order valence-corrected chi connectivity index (χ4v) is 1.57. The fourth-order valence-electron chi connectivity index (χ4n) is 1.13. The van der Waals surface area contributed by atoms with Gasteiger partial charge in [0.1, 0.15) is 0 Å².